The lowest BCUT2D eigenvalue weighted by Crippen LogP contribution is -2.39. The molecule has 2 aliphatic carbocycles. The summed E-state index contributed by atoms with van der Waals surface area (Å²) in [6, 6.07) is 0. The van der Waals surface area contributed by atoms with Gasteiger partial charge in [0.15, 0.2) is 0 Å². The summed E-state index contributed by atoms with van der Waals surface area (Å²) in [5.74, 6) is 0.697. The molecule has 0 aromatic rings. The van der Waals surface area contributed by atoms with E-state index < -0.39 is 0 Å². The molecule has 3 atom stereocenters. The van der Waals surface area contributed by atoms with Gasteiger partial charge in [-0.05, 0) is 30.6 Å². The van der Waals surface area contributed by atoms with Crippen molar-refractivity contribution in [2.45, 2.75) is 60.0 Å². The van der Waals surface area contributed by atoms with Crippen LogP contribution in [0.2, 0.25) is 0 Å². The maximum absolute atomic E-state index is 11.7. The molecule has 0 unspecified atom stereocenters. The Morgan fingerprint density at radius 3 is 2.31 bits per heavy atom. The van der Waals surface area contributed by atoms with Gasteiger partial charge in [0, 0.05) is 5.41 Å². The van der Waals surface area contributed by atoms with E-state index in [1.54, 1.807) is 0 Å². The highest BCUT2D eigenvalue weighted by Crippen LogP contribution is 2.66. The van der Waals surface area contributed by atoms with Crippen LogP contribution in [-0.2, 0) is 9.53 Å². The Morgan fingerprint density at radius 1 is 1.31 bits per heavy atom. The summed E-state index contributed by atoms with van der Waals surface area (Å²) in [6.07, 6.45) is 3.73. The molecule has 2 rings (SSSR count). The van der Waals surface area contributed by atoms with Crippen molar-refractivity contribution >= 4 is 5.97 Å². The number of esters is 1. The van der Waals surface area contributed by atoms with Crippen molar-refractivity contribution in [1.82, 2.24) is 0 Å². The highest BCUT2D eigenvalue weighted by molar-refractivity contribution is 5.71. The third-order valence-electron chi connectivity index (χ3n) is 5.44. The van der Waals surface area contributed by atoms with Crippen molar-refractivity contribution in [3.05, 3.63) is 0 Å². The molecule has 2 nitrogen and oxygen atoms in total. The standard InChI is InChI=1S/C14H24O2/c1-9(2)12(15)16-11-8-10-6-7-14(11,5)13(10,3)4/h9-11H,6-8H2,1-5H3/t10-,11+,14+/m0/s1. The van der Waals surface area contributed by atoms with Gasteiger partial charge in [0.2, 0.25) is 0 Å². The minimum atomic E-state index is -0.0328. The molecule has 2 bridgehead atoms. The molecule has 0 aromatic carbocycles. The number of ether oxygens (including phenoxy) is 1. The predicted octanol–water partition coefficient (Wildman–Crippen LogP) is 3.40. The van der Waals surface area contributed by atoms with Gasteiger partial charge >= 0.3 is 5.97 Å². The third-order valence-corrected chi connectivity index (χ3v) is 5.44. The topological polar surface area (TPSA) is 26.3 Å². The van der Waals surface area contributed by atoms with Crippen LogP contribution in [0.5, 0.6) is 0 Å². The zero-order valence-electron chi connectivity index (χ0n) is 11.2. The van der Waals surface area contributed by atoms with Crippen LogP contribution < -0.4 is 0 Å². The van der Waals surface area contributed by atoms with Gasteiger partial charge in [0.05, 0.1) is 5.92 Å². The second-order valence-electron chi connectivity index (χ2n) is 6.69. The number of hydrogen-bond donors (Lipinski definition) is 0. The smallest absolute Gasteiger partial charge is 0.308 e. The lowest BCUT2D eigenvalue weighted by Gasteiger charge is -2.38. The molecule has 0 N–H and O–H groups in total. The molecule has 2 fully saturated rings. The molecule has 0 spiro atoms. The van der Waals surface area contributed by atoms with Gasteiger partial charge in [-0.15, -0.1) is 0 Å². The minimum Gasteiger partial charge on any atom is -0.462 e. The van der Waals surface area contributed by atoms with Gasteiger partial charge in [-0.3, -0.25) is 4.79 Å². The molecular formula is C14H24O2. The average molecular weight is 224 g/mol. The van der Waals surface area contributed by atoms with E-state index >= 15 is 0 Å². The molecule has 0 heterocycles. The molecule has 0 radical (unpaired) electrons. The van der Waals surface area contributed by atoms with E-state index in [4.69, 9.17) is 4.74 Å². The fraction of sp³-hybridized carbons (Fsp3) is 0.929. The Bertz CT molecular complexity index is 306. The molecule has 92 valence electrons. The maximum Gasteiger partial charge on any atom is 0.308 e. The number of hydrogen-bond acceptors (Lipinski definition) is 2. The first-order valence-electron chi connectivity index (χ1n) is 6.49. The van der Waals surface area contributed by atoms with Crippen molar-refractivity contribution in [2.75, 3.05) is 0 Å². The van der Waals surface area contributed by atoms with Gasteiger partial charge < -0.3 is 4.74 Å². The monoisotopic (exact) mass is 224 g/mol. The second-order valence-corrected chi connectivity index (χ2v) is 6.69. The summed E-state index contributed by atoms with van der Waals surface area (Å²) in [5, 5.41) is 0. The Hall–Kier alpha value is -0.530. The van der Waals surface area contributed by atoms with E-state index in [-0.39, 0.29) is 23.4 Å². The number of carbonyl (C=O) groups is 1. The largest absolute Gasteiger partial charge is 0.462 e. The van der Waals surface area contributed by atoms with Crippen LogP contribution >= 0.6 is 0 Å². The van der Waals surface area contributed by atoms with Crippen LogP contribution in [0.15, 0.2) is 0 Å². The van der Waals surface area contributed by atoms with Crippen LogP contribution in [-0.4, -0.2) is 12.1 Å². The van der Waals surface area contributed by atoms with Gasteiger partial charge in [0.1, 0.15) is 6.10 Å². The Morgan fingerprint density at radius 2 is 1.94 bits per heavy atom. The first-order valence-corrected chi connectivity index (χ1v) is 6.49. The highest BCUT2D eigenvalue weighted by atomic mass is 16.5. The summed E-state index contributed by atoms with van der Waals surface area (Å²) in [5.41, 5.74) is 0.525. The lowest BCUT2D eigenvalue weighted by molar-refractivity contribution is -0.160. The van der Waals surface area contributed by atoms with Crippen LogP contribution in [0.25, 0.3) is 0 Å². The molecular weight excluding hydrogens is 200 g/mol. The molecule has 16 heavy (non-hydrogen) atoms. The molecule has 0 aromatic heterocycles. The van der Waals surface area contributed by atoms with Crippen molar-refractivity contribution < 1.29 is 9.53 Å². The first kappa shape index (κ1) is 11.9. The van der Waals surface area contributed by atoms with Crippen LogP contribution in [0, 0.1) is 22.7 Å². The van der Waals surface area contributed by atoms with Crippen LogP contribution in [0.4, 0.5) is 0 Å². The average Bonchev–Trinajstić information content (AvgIpc) is 2.50. The fourth-order valence-electron chi connectivity index (χ4n) is 3.58. The SMILES string of the molecule is CC(C)C(=O)O[C@@H]1C[C@@H]2CC[C@@]1(C)C2(C)C. The molecule has 0 saturated heterocycles. The Labute approximate surface area is 98.7 Å². The van der Waals surface area contributed by atoms with E-state index in [0.29, 0.717) is 5.41 Å². The van der Waals surface area contributed by atoms with Crippen LogP contribution in [0.3, 0.4) is 0 Å². The van der Waals surface area contributed by atoms with Crippen molar-refractivity contribution in [2.24, 2.45) is 22.7 Å². The number of carbonyl (C=O) groups excluding carboxylic acids is 1. The van der Waals surface area contributed by atoms with Crippen molar-refractivity contribution in [3.8, 4) is 0 Å². The molecule has 0 aliphatic heterocycles. The van der Waals surface area contributed by atoms with E-state index in [1.807, 2.05) is 13.8 Å². The second kappa shape index (κ2) is 3.48. The van der Waals surface area contributed by atoms with E-state index in [0.717, 1.165) is 12.3 Å². The zero-order valence-corrected chi connectivity index (χ0v) is 11.2. The van der Waals surface area contributed by atoms with Crippen LogP contribution in [0.1, 0.15) is 53.9 Å². The lowest BCUT2D eigenvalue weighted by atomic mass is 9.70. The van der Waals surface area contributed by atoms with E-state index in [1.165, 1.54) is 12.8 Å². The zero-order chi connectivity index (χ0) is 12.1. The third kappa shape index (κ3) is 1.42. The summed E-state index contributed by atoms with van der Waals surface area (Å²) in [4.78, 5) is 11.7. The van der Waals surface area contributed by atoms with Gasteiger partial charge in [-0.25, -0.2) is 0 Å². The van der Waals surface area contributed by atoms with Gasteiger partial charge in [-0.1, -0.05) is 34.6 Å². The normalized spacial score (nSPS) is 40.4. The molecule has 2 saturated carbocycles. The van der Waals surface area contributed by atoms with Crippen molar-refractivity contribution in [1.29, 1.82) is 0 Å². The van der Waals surface area contributed by atoms with Crippen molar-refractivity contribution in [3.63, 3.8) is 0 Å². The summed E-state index contributed by atoms with van der Waals surface area (Å²) < 4.78 is 5.71. The maximum atomic E-state index is 11.7. The van der Waals surface area contributed by atoms with E-state index in [9.17, 15) is 4.79 Å². The predicted molar refractivity (Wildman–Crippen MR) is 63.9 cm³/mol. The quantitative estimate of drug-likeness (QED) is 0.672. The Balaban J connectivity index is 2.13. The summed E-state index contributed by atoms with van der Waals surface area (Å²) >= 11 is 0. The summed E-state index contributed by atoms with van der Waals surface area (Å²) in [6.45, 7) is 10.8. The number of rotatable bonds is 2. The number of fused-ring (bicyclic) bond motifs is 2. The summed E-state index contributed by atoms with van der Waals surface area (Å²) in [7, 11) is 0. The van der Waals surface area contributed by atoms with Gasteiger partial charge in [0.25, 0.3) is 0 Å². The molecule has 2 heteroatoms. The van der Waals surface area contributed by atoms with E-state index in [2.05, 4.69) is 20.8 Å². The highest BCUT2D eigenvalue weighted by Gasteiger charge is 2.62. The van der Waals surface area contributed by atoms with Gasteiger partial charge in [-0.2, -0.15) is 0 Å². The molecule has 2 aliphatic rings. The fourth-order valence-corrected chi connectivity index (χ4v) is 3.58. The molecule has 0 amide bonds. The minimum absolute atomic E-state index is 0.00848. The first-order chi connectivity index (χ1) is 7.29. The Kier molecular flexibility index (Phi) is 2.60.